The Balaban J connectivity index is 1.56. The van der Waals surface area contributed by atoms with Crippen molar-refractivity contribution in [3.8, 4) is 0 Å². The minimum Gasteiger partial charge on any atom is -0.367 e. The highest BCUT2D eigenvalue weighted by atomic mass is 35.5. The molecule has 0 bridgehead atoms. The van der Waals surface area contributed by atoms with Crippen LogP contribution in [0.25, 0.3) is 0 Å². The lowest BCUT2D eigenvalue weighted by Gasteiger charge is -2.20. The van der Waals surface area contributed by atoms with Gasteiger partial charge in [0.05, 0.1) is 6.61 Å². The molecule has 2 atom stereocenters. The van der Waals surface area contributed by atoms with Crippen molar-refractivity contribution in [2.45, 2.75) is 25.5 Å². The molecule has 152 valence electrons. The van der Waals surface area contributed by atoms with Crippen LogP contribution < -0.4 is 5.32 Å². The number of hydrogen-bond donors (Lipinski definition) is 1. The van der Waals surface area contributed by atoms with Gasteiger partial charge in [0.1, 0.15) is 11.9 Å². The Hall–Kier alpha value is -1.91. The van der Waals surface area contributed by atoms with Crippen molar-refractivity contribution in [2.75, 3.05) is 13.2 Å². The number of ether oxygens (including phenoxy) is 1. The van der Waals surface area contributed by atoms with Gasteiger partial charge in [-0.1, -0.05) is 59.6 Å². The summed E-state index contributed by atoms with van der Waals surface area (Å²) in [6, 6.07) is 22.2. The van der Waals surface area contributed by atoms with E-state index < -0.39 is 0 Å². The third kappa shape index (κ3) is 6.83. The summed E-state index contributed by atoms with van der Waals surface area (Å²) in [6.07, 6.45) is 0.636. The van der Waals surface area contributed by atoms with Gasteiger partial charge < -0.3 is 10.1 Å². The van der Waals surface area contributed by atoms with Crippen molar-refractivity contribution in [1.29, 1.82) is 0 Å². The van der Waals surface area contributed by atoms with Crippen molar-refractivity contribution >= 4 is 23.2 Å². The maximum Gasteiger partial charge on any atom is 0.123 e. The lowest BCUT2D eigenvalue weighted by Crippen LogP contribution is -2.31. The van der Waals surface area contributed by atoms with Crippen LogP contribution in [0.2, 0.25) is 10.0 Å². The van der Waals surface area contributed by atoms with Crippen LogP contribution in [-0.2, 0) is 11.2 Å². The van der Waals surface area contributed by atoms with Crippen LogP contribution in [-0.4, -0.2) is 19.2 Å². The minimum absolute atomic E-state index is 0.263. The van der Waals surface area contributed by atoms with Gasteiger partial charge >= 0.3 is 0 Å². The van der Waals surface area contributed by atoms with E-state index in [0.29, 0.717) is 24.2 Å². The molecule has 1 N–H and O–H groups in total. The average molecular weight is 432 g/mol. The van der Waals surface area contributed by atoms with E-state index in [1.54, 1.807) is 12.1 Å². The van der Waals surface area contributed by atoms with Gasteiger partial charge in [-0.2, -0.15) is 0 Å². The number of nitrogens with one attached hydrogen (secondary N) is 1. The zero-order chi connectivity index (χ0) is 20.6. The van der Waals surface area contributed by atoms with Gasteiger partial charge in [0.2, 0.25) is 0 Å². The fraction of sp³-hybridized carbons (Fsp3) is 0.250. The summed E-state index contributed by atoms with van der Waals surface area (Å²) in [6.45, 7) is 3.38. The molecule has 0 aliphatic carbocycles. The molecule has 0 spiro atoms. The van der Waals surface area contributed by atoms with Gasteiger partial charge in [-0.3, -0.25) is 0 Å². The predicted octanol–water partition coefficient (Wildman–Crippen LogP) is 6.46. The summed E-state index contributed by atoms with van der Waals surface area (Å²) < 4.78 is 19.5. The third-order valence-corrected chi connectivity index (χ3v) is 5.18. The molecule has 0 amide bonds. The second-order valence-corrected chi connectivity index (χ2v) is 7.91. The van der Waals surface area contributed by atoms with Crippen LogP contribution in [0.3, 0.4) is 0 Å². The molecule has 0 radical (unpaired) electrons. The van der Waals surface area contributed by atoms with Crippen LogP contribution in [0, 0.1) is 5.82 Å². The lowest BCUT2D eigenvalue weighted by molar-refractivity contribution is 0.0808. The number of hydrogen-bond acceptors (Lipinski definition) is 2. The molecule has 3 rings (SSSR count). The molecule has 0 aliphatic heterocycles. The van der Waals surface area contributed by atoms with Gasteiger partial charge in [0, 0.05) is 22.6 Å². The first-order chi connectivity index (χ1) is 14.0. The van der Waals surface area contributed by atoms with Crippen LogP contribution in [0.15, 0.2) is 72.8 Å². The summed E-state index contributed by atoms with van der Waals surface area (Å²) >= 11 is 12.0. The first-order valence-electron chi connectivity index (χ1n) is 9.61. The maximum atomic E-state index is 13.3. The van der Waals surface area contributed by atoms with Crippen LogP contribution in [0.5, 0.6) is 0 Å². The molecule has 0 aromatic heterocycles. The zero-order valence-electron chi connectivity index (χ0n) is 16.2. The number of halogens is 3. The largest absolute Gasteiger partial charge is 0.367 e. The molecule has 3 aromatic carbocycles. The van der Waals surface area contributed by atoms with E-state index >= 15 is 0 Å². The topological polar surface area (TPSA) is 21.3 Å². The monoisotopic (exact) mass is 431 g/mol. The number of benzene rings is 3. The highest BCUT2D eigenvalue weighted by molar-refractivity contribution is 6.30. The highest BCUT2D eigenvalue weighted by Gasteiger charge is 2.15. The standard InChI is InChI=1S/C24H24Cl2FNO/c1-17(16-18-2-8-21(25)9-3-18)28-14-15-29-24(19-4-10-22(26)11-5-19)20-6-12-23(27)13-7-20/h2-13,17,24,28H,14-16H2,1H3. The van der Waals surface area contributed by atoms with Gasteiger partial charge in [-0.05, 0) is 66.4 Å². The quantitative estimate of drug-likeness (QED) is 0.392. The van der Waals surface area contributed by atoms with E-state index in [-0.39, 0.29) is 11.9 Å². The van der Waals surface area contributed by atoms with Crippen molar-refractivity contribution in [1.82, 2.24) is 5.32 Å². The lowest BCUT2D eigenvalue weighted by atomic mass is 10.0. The smallest absolute Gasteiger partial charge is 0.123 e. The molecule has 0 fully saturated rings. The molecule has 2 unspecified atom stereocenters. The molecule has 5 heteroatoms. The van der Waals surface area contributed by atoms with Gasteiger partial charge in [0.15, 0.2) is 0 Å². The van der Waals surface area contributed by atoms with E-state index in [9.17, 15) is 4.39 Å². The fourth-order valence-electron chi connectivity index (χ4n) is 3.19. The Labute approximate surface area is 181 Å². The van der Waals surface area contributed by atoms with Gasteiger partial charge in [0.25, 0.3) is 0 Å². The molecule has 0 saturated heterocycles. The predicted molar refractivity (Wildman–Crippen MR) is 118 cm³/mol. The van der Waals surface area contributed by atoms with E-state index in [0.717, 1.165) is 22.6 Å². The Morgan fingerprint density at radius 1 is 0.828 bits per heavy atom. The van der Waals surface area contributed by atoms with E-state index in [4.69, 9.17) is 27.9 Å². The average Bonchev–Trinajstić information content (AvgIpc) is 2.72. The first-order valence-corrected chi connectivity index (χ1v) is 10.4. The van der Waals surface area contributed by atoms with Crippen molar-refractivity contribution < 1.29 is 9.13 Å². The Morgan fingerprint density at radius 2 is 1.34 bits per heavy atom. The second-order valence-electron chi connectivity index (χ2n) is 7.04. The Kier molecular flexibility index (Phi) is 8.08. The SMILES string of the molecule is CC(Cc1ccc(Cl)cc1)NCCOC(c1ccc(F)cc1)c1ccc(Cl)cc1. The molecule has 2 nitrogen and oxygen atoms in total. The van der Waals surface area contributed by atoms with Crippen molar-refractivity contribution in [2.24, 2.45) is 0 Å². The maximum absolute atomic E-state index is 13.3. The van der Waals surface area contributed by atoms with Crippen LogP contribution in [0.4, 0.5) is 4.39 Å². The van der Waals surface area contributed by atoms with Crippen molar-refractivity contribution in [3.05, 3.63) is 105 Å². The highest BCUT2D eigenvalue weighted by Crippen LogP contribution is 2.27. The molecular formula is C24H24Cl2FNO. The Morgan fingerprint density at radius 3 is 1.93 bits per heavy atom. The summed E-state index contributed by atoms with van der Waals surface area (Å²) in [4.78, 5) is 0. The normalized spacial score (nSPS) is 13.2. The zero-order valence-corrected chi connectivity index (χ0v) is 17.8. The molecule has 0 heterocycles. The molecular weight excluding hydrogens is 408 g/mol. The summed E-state index contributed by atoms with van der Waals surface area (Å²) in [7, 11) is 0. The molecule has 29 heavy (non-hydrogen) atoms. The third-order valence-electron chi connectivity index (χ3n) is 4.68. The Bertz CT molecular complexity index is 837. The van der Waals surface area contributed by atoms with Crippen LogP contribution in [0.1, 0.15) is 29.7 Å². The van der Waals surface area contributed by atoms with Crippen LogP contribution >= 0.6 is 23.2 Å². The molecule has 0 aliphatic rings. The number of rotatable bonds is 9. The summed E-state index contributed by atoms with van der Waals surface area (Å²) in [5, 5.41) is 4.90. The van der Waals surface area contributed by atoms with E-state index in [2.05, 4.69) is 12.2 Å². The van der Waals surface area contributed by atoms with E-state index in [1.807, 2.05) is 48.5 Å². The van der Waals surface area contributed by atoms with Gasteiger partial charge in [-0.25, -0.2) is 4.39 Å². The first kappa shape index (κ1) is 21.8. The molecule has 0 saturated carbocycles. The summed E-state index contributed by atoms with van der Waals surface area (Å²) in [5.41, 5.74) is 3.12. The minimum atomic E-state index is -0.277. The summed E-state index contributed by atoms with van der Waals surface area (Å²) in [5.74, 6) is -0.263. The van der Waals surface area contributed by atoms with Crippen molar-refractivity contribution in [3.63, 3.8) is 0 Å². The fourth-order valence-corrected chi connectivity index (χ4v) is 3.44. The molecule has 3 aromatic rings. The van der Waals surface area contributed by atoms with Gasteiger partial charge in [-0.15, -0.1) is 0 Å². The second kappa shape index (κ2) is 10.7. The van der Waals surface area contributed by atoms with E-state index in [1.165, 1.54) is 17.7 Å².